The number of aryl methyl sites for hydroxylation is 1. The van der Waals surface area contributed by atoms with E-state index < -0.39 is 0 Å². The number of imidazole rings is 1. The average molecular weight is 270 g/mol. The van der Waals surface area contributed by atoms with Gasteiger partial charge in [0.1, 0.15) is 5.76 Å². The third kappa shape index (κ3) is 1.93. The molecule has 3 aromatic rings. The zero-order chi connectivity index (χ0) is 13.5. The van der Waals surface area contributed by atoms with Gasteiger partial charge in [0.2, 0.25) is 5.89 Å². The van der Waals surface area contributed by atoms with Crippen molar-refractivity contribution < 1.29 is 8.94 Å². The second-order valence-electron chi connectivity index (χ2n) is 5.19. The Morgan fingerprint density at radius 1 is 1.40 bits per heavy atom. The minimum absolute atomic E-state index is 0.300. The molecule has 0 amide bonds. The van der Waals surface area contributed by atoms with Crippen molar-refractivity contribution in [3.8, 4) is 0 Å². The molecule has 0 unspecified atom stereocenters. The summed E-state index contributed by atoms with van der Waals surface area (Å²) in [5, 5.41) is 4.05. The van der Waals surface area contributed by atoms with E-state index in [1.807, 2.05) is 29.9 Å². The Balaban J connectivity index is 1.48. The van der Waals surface area contributed by atoms with Crippen LogP contribution in [0.4, 0.5) is 0 Å². The van der Waals surface area contributed by atoms with Gasteiger partial charge in [-0.1, -0.05) is 5.16 Å². The molecule has 1 aliphatic rings. The first-order valence-electron chi connectivity index (χ1n) is 6.62. The maximum Gasteiger partial charge on any atom is 0.230 e. The number of hydrogen-bond acceptors (Lipinski definition) is 5. The maximum absolute atomic E-state index is 5.42. The second-order valence-corrected chi connectivity index (χ2v) is 5.19. The largest absolute Gasteiger partial charge is 0.469 e. The fourth-order valence-electron chi connectivity index (χ4n) is 2.49. The number of rotatable bonds is 4. The van der Waals surface area contributed by atoms with Gasteiger partial charge in [-0.3, -0.25) is 0 Å². The first-order chi connectivity index (χ1) is 9.81. The van der Waals surface area contributed by atoms with Gasteiger partial charge in [-0.05, 0) is 18.6 Å². The summed E-state index contributed by atoms with van der Waals surface area (Å²) in [6, 6.07) is 3.91. The van der Waals surface area contributed by atoms with Gasteiger partial charge in [0.25, 0.3) is 0 Å². The van der Waals surface area contributed by atoms with Gasteiger partial charge >= 0.3 is 0 Å². The zero-order valence-electron chi connectivity index (χ0n) is 11.1. The average Bonchev–Trinajstić information content (AvgIpc) is 2.90. The SMILES string of the molecule is Cn1cncc1Cc1noc([C@H]2C[C@H]2c2ccco2)n1. The van der Waals surface area contributed by atoms with Crippen LogP contribution >= 0.6 is 0 Å². The Labute approximate surface area is 115 Å². The fraction of sp³-hybridized carbons (Fsp3) is 0.357. The molecule has 102 valence electrons. The molecule has 6 nitrogen and oxygen atoms in total. The van der Waals surface area contributed by atoms with Crippen LogP contribution in [0, 0.1) is 0 Å². The molecule has 3 heterocycles. The van der Waals surface area contributed by atoms with Crippen LogP contribution in [0.25, 0.3) is 0 Å². The molecule has 2 atom stereocenters. The zero-order valence-corrected chi connectivity index (χ0v) is 11.1. The van der Waals surface area contributed by atoms with Gasteiger partial charge < -0.3 is 13.5 Å². The van der Waals surface area contributed by atoms with Crippen molar-refractivity contribution in [3.05, 3.63) is 54.1 Å². The third-order valence-electron chi connectivity index (χ3n) is 3.76. The van der Waals surface area contributed by atoms with E-state index in [0.29, 0.717) is 30.0 Å². The van der Waals surface area contributed by atoms with E-state index in [4.69, 9.17) is 8.94 Å². The minimum Gasteiger partial charge on any atom is -0.469 e. The minimum atomic E-state index is 0.300. The number of furan rings is 1. The lowest BCUT2D eigenvalue weighted by molar-refractivity contribution is 0.371. The van der Waals surface area contributed by atoms with Crippen molar-refractivity contribution in [3.63, 3.8) is 0 Å². The highest BCUT2D eigenvalue weighted by atomic mass is 16.5. The molecule has 0 spiro atoms. The van der Waals surface area contributed by atoms with Crippen LogP contribution in [0.1, 0.15) is 41.4 Å². The first kappa shape index (κ1) is 11.5. The van der Waals surface area contributed by atoms with Gasteiger partial charge in [-0.15, -0.1) is 0 Å². The Hall–Kier alpha value is -2.37. The molecule has 1 fully saturated rings. The predicted octanol–water partition coefficient (Wildman–Crippen LogP) is 2.26. The molecular formula is C14H14N4O2. The summed E-state index contributed by atoms with van der Waals surface area (Å²) < 4.78 is 12.7. The summed E-state index contributed by atoms with van der Waals surface area (Å²) in [5.74, 6) is 3.10. The molecule has 0 saturated heterocycles. The molecule has 4 rings (SSSR count). The topological polar surface area (TPSA) is 69.9 Å². The molecule has 0 aliphatic heterocycles. The van der Waals surface area contributed by atoms with E-state index in [-0.39, 0.29) is 0 Å². The van der Waals surface area contributed by atoms with E-state index in [1.54, 1.807) is 12.6 Å². The van der Waals surface area contributed by atoms with Crippen LogP contribution in [-0.4, -0.2) is 19.7 Å². The predicted molar refractivity (Wildman–Crippen MR) is 69.1 cm³/mol. The van der Waals surface area contributed by atoms with Gasteiger partial charge in [-0.25, -0.2) is 4.98 Å². The number of nitrogens with zero attached hydrogens (tertiary/aromatic N) is 4. The summed E-state index contributed by atoms with van der Waals surface area (Å²) >= 11 is 0. The van der Waals surface area contributed by atoms with Gasteiger partial charge in [-0.2, -0.15) is 4.98 Å². The van der Waals surface area contributed by atoms with E-state index in [1.165, 1.54) is 0 Å². The second kappa shape index (κ2) is 4.33. The lowest BCUT2D eigenvalue weighted by atomic mass is 10.2. The van der Waals surface area contributed by atoms with Crippen LogP contribution in [0.3, 0.4) is 0 Å². The summed E-state index contributed by atoms with van der Waals surface area (Å²) in [5.41, 5.74) is 1.07. The lowest BCUT2D eigenvalue weighted by Gasteiger charge is -1.96. The van der Waals surface area contributed by atoms with Gasteiger partial charge in [0, 0.05) is 30.8 Å². The molecule has 0 bridgehead atoms. The van der Waals surface area contributed by atoms with Crippen molar-refractivity contribution in [2.45, 2.75) is 24.7 Å². The van der Waals surface area contributed by atoms with Crippen molar-refractivity contribution in [1.82, 2.24) is 19.7 Å². The van der Waals surface area contributed by atoms with Gasteiger partial charge in [0.15, 0.2) is 5.82 Å². The normalized spacial score (nSPS) is 21.2. The maximum atomic E-state index is 5.42. The Kier molecular flexibility index (Phi) is 2.48. The van der Waals surface area contributed by atoms with Crippen molar-refractivity contribution in [2.24, 2.45) is 7.05 Å². The smallest absolute Gasteiger partial charge is 0.230 e. The highest BCUT2D eigenvalue weighted by Crippen LogP contribution is 2.54. The summed E-state index contributed by atoms with van der Waals surface area (Å²) in [6.45, 7) is 0. The van der Waals surface area contributed by atoms with Gasteiger partial charge in [0.05, 0.1) is 19.0 Å². The van der Waals surface area contributed by atoms with Crippen LogP contribution < -0.4 is 0 Å². The molecule has 3 aromatic heterocycles. The quantitative estimate of drug-likeness (QED) is 0.727. The molecular weight excluding hydrogens is 256 g/mol. The van der Waals surface area contributed by atoms with E-state index in [2.05, 4.69) is 15.1 Å². The van der Waals surface area contributed by atoms with Crippen molar-refractivity contribution >= 4 is 0 Å². The summed E-state index contributed by atoms with van der Waals surface area (Å²) in [6.07, 6.45) is 6.94. The van der Waals surface area contributed by atoms with Crippen LogP contribution in [0.5, 0.6) is 0 Å². The highest BCUT2D eigenvalue weighted by molar-refractivity contribution is 5.23. The molecule has 0 aromatic carbocycles. The molecule has 6 heteroatoms. The third-order valence-corrected chi connectivity index (χ3v) is 3.76. The molecule has 1 saturated carbocycles. The van der Waals surface area contributed by atoms with Crippen LogP contribution in [0.2, 0.25) is 0 Å². The summed E-state index contributed by atoms with van der Waals surface area (Å²) in [4.78, 5) is 8.57. The molecule has 20 heavy (non-hydrogen) atoms. The number of hydrogen-bond donors (Lipinski definition) is 0. The molecule has 1 aliphatic carbocycles. The van der Waals surface area contributed by atoms with Crippen molar-refractivity contribution in [1.29, 1.82) is 0 Å². The van der Waals surface area contributed by atoms with Crippen LogP contribution in [0.15, 0.2) is 39.9 Å². The fourth-order valence-corrected chi connectivity index (χ4v) is 2.49. The van der Waals surface area contributed by atoms with E-state index in [0.717, 1.165) is 17.9 Å². The summed E-state index contributed by atoms with van der Waals surface area (Å²) in [7, 11) is 1.96. The first-order valence-corrected chi connectivity index (χ1v) is 6.62. The Bertz CT molecular complexity index is 713. The number of aromatic nitrogens is 4. The molecule has 0 radical (unpaired) electrons. The Morgan fingerprint density at radius 3 is 3.10 bits per heavy atom. The highest BCUT2D eigenvalue weighted by Gasteiger charge is 2.45. The molecule has 0 N–H and O–H groups in total. The monoisotopic (exact) mass is 270 g/mol. The van der Waals surface area contributed by atoms with Crippen LogP contribution in [-0.2, 0) is 13.5 Å². The van der Waals surface area contributed by atoms with Crippen molar-refractivity contribution in [2.75, 3.05) is 0 Å². The Morgan fingerprint density at radius 2 is 2.35 bits per heavy atom. The van der Waals surface area contributed by atoms with E-state index in [9.17, 15) is 0 Å². The standard InChI is InChI=1S/C14H14N4O2/c1-18-8-15-7-9(18)5-13-16-14(20-17-13)11-6-10(11)12-3-2-4-19-12/h2-4,7-8,10-11H,5-6H2,1H3/t10-,11+/m1/s1. The van der Waals surface area contributed by atoms with E-state index >= 15 is 0 Å². The lowest BCUT2D eigenvalue weighted by Crippen LogP contribution is -1.98.